The van der Waals surface area contributed by atoms with E-state index in [0.717, 1.165) is 18.4 Å². The summed E-state index contributed by atoms with van der Waals surface area (Å²) >= 11 is 0. The Morgan fingerprint density at radius 1 is 1.16 bits per heavy atom. The number of benzene rings is 1. The largest absolute Gasteiger partial charge is 0.373 e. The molecule has 138 valence electrons. The maximum Gasteiger partial charge on any atom is 0.228 e. The molecule has 2 aliphatic heterocycles. The van der Waals surface area contributed by atoms with Crippen molar-refractivity contribution in [3.63, 3.8) is 0 Å². The summed E-state index contributed by atoms with van der Waals surface area (Å²) in [5.74, 6) is -0.134. The van der Waals surface area contributed by atoms with Crippen LogP contribution in [0.4, 0.5) is 0 Å². The van der Waals surface area contributed by atoms with Crippen molar-refractivity contribution in [2.75, 3.05) is 25.4 Å². The lowest BCUT2D eigenvalue weighted by Gasteiger charge is -2.34. The fourth-order valence-corrected chi connectivity index (χ4v) is 4.98. The second-order valence-corrected chi connectivity index (χ2v) is 9.78. The van der Waals surface area contributed by atoms with Gasteiger partial charge < -0.3 is 9.64 Å². The summed E-state index contributed by atoms with van der Waals surface area (Å²) in [5.41, 5.74) is 2.20. The van der Waals surface area contributed by atoms with Crippen molar-refractivity contribution in [2.24, 2.45) is 5.92 Å². The molecular formula is C19H27NO4S. The van der Waals surface area contributed by atoms with Crippen LogP contribution in [0, 0.1) is 12.8 Å². The SMILES string of the molecule is Cc1ccc(C2OCCCC2C(=O)N2CCC(C)S(=O)(=O)CC2)cc1. The molecule has 3 unspecified atom stereocenters. The van der Waals surface area contributed by atoms with Gasteiger partial charge in [-0.05, 0) is 38.7 Å². The van der Waals surface area contributed by atoms with Crippen LogP contribution in [-0.4, -0.2) is 49.9 Å². The number of nitrogens with zero attached hydrogens (tertiary/aromatic N) is 1. The van der Waals surface area contributed by atoms with E-state index >= 15 is 0 Å². The van der Waals surface area contributed by atoms with Gasteiger partial charge in [0.15, 0.2) is 9.84 Å². The third-order valence-electron chi connectivity index (χ3n) is 5.42. The van der Waals surface area contributed by atoms with Crippen LogP contribution in [0.25, 0.3) is 0 Å². The van der Waals surface area contributed by atoms with Gasteiger partial charge >= 0.3 is 0 Å². The lowest BCUT2D eigenvalue weighted by atomic mass is 9.88. The molecule has 1 amide bonds. The van der Waals surface area contributed by atoms with Gasteiger partial charge in [0.05, 0.1) is 23.0 Å². The highest BCUT2D eigenvalue weighted by Crippen LogP contribution is 2.35. The number of sulfone groups is 1. The van der Waals surface area contributed by atoms with E-state index in [2.05, 4.69) is 0 Å². The van der Waals surface area contributed by atoms with Crippen molar-refractivity contribution in [3.8, 4) is 0 Å². The number of carbonyl (C=O) groups is 1. The first kappa shape index (κ1) is 18.4. The predicted molar refractivity (Wildman–Crippen MR) is 97.0 cm³/mol. The number of rotatable bonds is 2. The Morgan fingerprint density at radius 2 is 1.88 bits per heavy atom. The summed E-state index contributed by atoms with van der Waals surface area (Å²) in [6.07, 6.45) is 1.92. The second kappa shape index (κ2) is 7.46. The number of aryl methyl sites for hydroxylation is 1. The van der Waals surface area contributed by atoms with Crippen LogP contribution in [0.5, 0.6) is 0 Å². The third kappa shape index (κ3) is 4.06. The molecule has 0 aliphatic carbocycles. The first-order valence-electron chi connectivity index (χ1n) is 9.07. The first-order valence-corrected chi connectivity index (χ1v) is 10.8. The smallest absolute Gasteiger partial charge is 0.228 e. The highest BCUT2D eigenvalue weighted by atomic mass is 32.2. The van der Waals surface area contributed by atoms with Gasteiger partial charge in [-0.15, -0.1) is 0 Å². The van der Waals surface area contributed by atoms with Crippen LogP contribution < -0.4 is 0 Å². The Bertz CT molecular complexity index is 713. The molecule has 2 saturated heterocycles. The van der Waals surface area contributed by atoms with Crippen LogP contribution in [-0.2, 0) is 19.4 Å². The van der Waals surface area contributed by atoms with Crippen LogP contribution in [0.15, 0.2) is 24.3 Å². The number of carbonyl (C=O) groups excluding carboxylic acids is 1. The van der Waals surface area contributed by atoms with Gasteiger partial charge in [0.1, 0.15) is 0 Å². The minimum Gasteiger partial charge on any atom is -0.373 e. The Balaban J connectivity index is 1.78. The van der Waals surface area contributed by atoms with Gasteiger partial charge in [-0.1, -0.05) is 29.8 Å². The Kier molecular flexibility index (Phi) is 5.49. The van der Waals surface area contributed by atoms with Crippen molar-refractivity contribution < 1.29 is 17.9 Å². The number of ether oxygens (including phenoxy) is 1. The molecule has 25 heavy (non-hydrogen) atoms. The molecule has 0 bridgehead atoms. The summed E-state index contributed by atoms with van der Waals surface area (Å²) in [6.45, 7) is 5.24. The Morgan fingerprint density at radius 3 is 2.60 bits per heavy atom. The highest BCUT2D eigenvalue weighted by molar-refractivity contribution is 7.92. The third-order valence-corrected chi connectivity index (χ3v) is 7.63. The van der Waals surface area contributed by atoms with Crippen molar-refractivity contribution in [1.82, 2.24) is 4.90 Å². The van der Waals surface area contributed by atoms with E-state index in [-0.39, 0.29) is 28.9 Å². The fourth-order valence-electron chi connectivity index (χ4n) is 3.64. The average Bonchev–Trinajstić information content (AvgIpc) is 2.74. The van der Waals surface area contributed by atoms with Gasteiger partial charge in [-0.2, -0.15) is 0 Å². The Hall–Kier alpha value is -1.40. The molecule has 1 aromatic rings. The van der Waals surface area contributed by atoms with Gasteiger partial charge in [0.25, 0.3) is 0 Å². The summed E-state index contributed by atoms with van der Waals surface area (Å²) in [5, 5.41) is -0.374. The summed E-state index contributed by atoms with van der Waals surface area (Å²) < 4.78 is 30.2. The first-order chi connectivity index (χ1) is 11.9. The molecule has 1 aromatic carbocycles. The molecule has 0 radical (unpaired) electrons. The molecule has 2 heterocycles. The van der Waals surface area contributed by atoms with Crippen LogP contribution >= 0.6 is 0 Å². The lowest BCUT2D eigenvalue weighted by molar-refractivity contribution is -0.145. The fraction of sp³-hybridized carbons (Fsp3) is 0.632. The standard InChI is InChI=1S/C19H27NO4S/c1-14-5-7-16(8-6-14)18-17(4-3-12-24-18)19(21)20-10-9-15(2)25(22,23)13-11-20/h5-8,15,17-18H,3-4,9-13H2,1-2H3. The van der Waals surface area contributed by atoms with E-state index < -0.39 is 9.84 Å². The summed E-state index contributed by atoms with van der Waals surface area (Å²) in [7, 11) is -3.09. The zero-order chi connectivity index (χ0) is 18.0. The van der Waals surface area contributed by atoms with E-state index in [1.807, 2.05) is 31.2 Å². The normalized spacial score (nSPS) is 29.8. The maximum atomic E-state index is 13.1. The van der Waals surface area contributed by atoms with E-state index in [4.69, 9.17) is 4.74 Å². The van der Waals surface area contributed by atoms with E-state index in [1.165, 1.54) is 5.56 Å². The highest BCUT2D eigenvalue weighted by Gasteiger charge is 2.37. The van der Waals surface area contributed by atoms with Crippen molar-refractivity contribution in [2.45, 2.75) is 44.5 Å². The monoisotopic (exact) mass is 365 g/mol. The minimum absolute atomic E-state index is 0.0366. The molecule has 5 nitrogen and oxygen atoms in total. The zero-order valence-corrected chi connectivity index (χ0v) is 15.8. The Labute approximate surface area is 150 Å². The maximum absolute atomic E-state index is 13.1. The molecule has 0 saturated carbocycles. The topological polar surface area (TPSA) is 63.7 Å². The molecule has 0 aromatic heterocycles. The molecule has 3 atom stereocenters. The van der Waals surface area contributed by atoms with E-state index in [9.17, 15) is 13.2 Å². The van der Waals surface area contributed by atoms with E-state index in [1.54, 1.807) is 11.8 Å². The van der Waals surface area contributed by atoms with Crippen molar-refractivity contribution >= 4 is 15.7 Å². The summed E-state index contributed by atoms with van der Waals surface area (Å²) in [6, 6.07) is 8.13. The predicted octanol–water partition coefficient (Wildman–Crippen LogP) is 2.50. The van der Waals surface area contributed by atoms with Crippen LogP contribution in [0.2, 0.25) is 0 Å². The molecule has 3 rings (SSSR count). The van der Waals surface area contributed by atoms with Crippen molar-refractivity contribution in [1.29, 1.82) is 0 Å². The molecule has 2 aliphatic rings. The molecule has 0 spiro atoms. The molecule has 6 heteroatoms. The second-order valence-electron chi connectivity index (χ2n) is 7.24. The van der Waals surface area contributed by atoms with Crippen LogP contribution in [0.3, 0.4) is 0 Å². The van der Waals surface area contributed by atoms with Gasteiger partial charge in [-0.25, -0.2) is 8.42 Å². The number of hydrogen-bond acceptors (Lipinski definition) is 4. The zero-order valence-electron chi connectivity index (χ0n) is 15.0. The van der Waals surface area contributed by atoms with Gasteiger partial charge in [0.2, 0.25) is 5.91 Å². The molecule has 0 N–H and O–H groups in total. The number of hydrogen-bond donors (Lipinski definition) is 0. The minimum atomic E-state index is -3.09. The van der Waals surface area contributed by atoms with Crippen molar-refractivity contribution in [3.05, 3.63) is 35.4 Å². The molecular weight excluding hydrogens is 338 g/mol. The van der Waals surface area contributed by atoms with Crippen LogP contribution in [0.1, 0.15) is 43.4 Å². The quantitative estimate of drug-likeness (QED) is 0.808. The average molecular weight is 365 g/mol. The summed E-state index contributed by atoms with van der Waals surface area (Å²) in [4.78, 5) is 14.9. The lowest BCUT2D eigenvalue weighted by Crippen LogP contribution is -2.42. The van der Waals surface area contributed by atoms with Gasteiger partial charge in [0, 0.05) is 19.7 Å². The molecule has 2 fully saturated rings. The number of amides is 1. The van der Waals surface area contributed by atoms with Gasteiger partial charge in [-0.3, -0.25) is 4.79 Å². The van der Waals surface area contributed by atoms with E-state index in [0.29, 0.717) is 26.1 Å².